The van der Waals surface area contributed by atoms with Crippen molar-refractivity contribution in [3.8, 4) is 5.75 Å². The maximum atomic E-state index is 12.7. The third-order valence-corrected chi connectivity index (χ3v) is 3.36. The Hall–Kier alpha value is -2.44. The zero-order chi connectivity index (χ0) is 18.9. The number of alkyl halides is 1. The van der Waals surface area contributed by atoms with Crippen molar-refractivity contribution in [2.45, 2.75) is 27.2 Å². The van der Waals surface area contributed by atoms with Crippen LogP contribution in [0.5, 0.6) is 5.75 Å². The Balaban J connectivity index is 2.68. The van der Waals surface area contributed by atoms with E-state index >= 15 is 0 Å². The molecule has 0 spiro atoms. The molecule has 0 saturated carbocycles. The zero-order valence-corrected chi connectivity index (χ0v) is 15.1. The topological polar surface area (TPSA) is 77.0 Å². The van der Waals surface area contributed by atoms with E-state index in [1.165, 1.54) is 13.2 Å². The van der Waals surface area contributed by atoms with Gasteiger partial charge >= 0.3 is 5.97 Å². The molecule has 1 N–H and O–H groups in total. The average molecular weight is 352 g/mol. The van der Waals surface area contributed by atoms with Gasteiger partial charge in [-0.05, 0) is 43.2 Å². The zero-order valence-electron chi connectivity index (χ0n) is 15.1. The third-order valence-electron chi connectivity index (χ3n) is 3.36. The second kappa shape index (κ2) is 9.76. The monoisotopic (exact) mass is 352 g/mol. The Morgan fingerprint density at radius 1 is 1.36 bits per heavy atom. The summed E-state index contributed by atoms with van der Waals surface area (Å²) in [5.41, 5.74) is 0.287. The van der Waals surface area contributed by atoms with Crippen LogP contribution >= 0.6 is 0 Å². The molecular formula is C18H25FN2O4. The molecule has 7 heteroatoms. The number of hydrogen-bond donors (Lipinski definition) is 1. The smallest absolute Gasteiger partial charge is 0.338 e. The lowest BCUT2D eigenvalue weighted by molar-refractivity contribution is -0.114. The summed E-state index contributed by atoms with van der Waals surface area (Å²) >= 11 is 0. The van der Waals surface area contributed by atoms with Gasteiger partial charge in [-0.3, -0.25) is 14.2 Å². The number of anilines is 1. The summed E-state index contributed by atoms with van der Waals surface area (Å²) in [5.74, 6) is -0.448. The van der Waals surface area contributed by atoms with Crippen molar-refractivity contribution in [3.63, 3.8) is 0 Å². The summed E-state index contributed by atoms with van der Waals surface area (Å²) in [4.78, 5) is 27.7. The summed E-state index contributed by atoms with van der Waals surface area (Å²) in [5, 5.41) is 2.67. The average Bonchev–Trinajstić information content (AvgIpc) is 2.59. The van der Waals surface area contributed by atoms with Crippen molar-refractivity contribution < 1.29 is 23.5 Å². The number of carbonyl (C=O) groups is 2. The molecule has 138 valence electrons. The van der Waals surface area contributed by atoms with E-state index in [1.54, 1.807) is 39.1 Å². The number of esters is 1. The lowest BCUT2D eigenvalue weighted by Crippen LogP contribution is -2.17. The molecule has 1 amide bonds. The first-order valence-corrected chi connectivity index (χ1v) is 8.02. The second-order valence-electron chi connectivity index (χ2n) is 6.21. The first kappa shape index (κ1) is 20.6. The third kappa shape index (κ3) is 6.91. The highest BCUT2D eigenvalue weighted by molar-refractivity contribution is 5.96. The number of rotatable bonds is 9. The largest absolute Gasteiger partial charge is 0.495 e. The lowest BCUT2D eigenvalue weighted by Gasteiger charge is -2.16. The molecule has 0 radical (unpaired) electrons. The Bertz CT molecular complexity index is 630. The molecule has 0 saturated heterocycles. The standard InChI is InChI=1S/C18H25FN2O4/c1-5-25-17(23)13-6-7-14(15(10-13)24-4)21-16(22)11-20-9-8-18(2,3)12-19/h6-7,9-10H,5,8,11-12H2,1-4H3,(H,21,22). The van der Waals surface area contributed by atoms with Crippen molar-refractivity contribution in [3.05, 3.63) is 23.8 Å². The van der Waals surface area contributed by atoms with Crippen LogP contribution in [0.15, 0.2) is 23.2 Å². The van der Waals surface area contributed by atoms with E-state index in [9.17, 15) is 14.0 Å². The molecule has 1 aromatic rings. The summed E-state index contributed by atoms with van der Waals surface area (Å²) in [6, 6.07) is 4.61. The van der Waals surface area contributed by atoms with Crippen LogP contribution in [0.4, 0.5) is 10.1 Å². The minimum atomic E-state index is -0.480. The van der Waals surface area contributed by atoms with Gasteiger partial charge in [-0.2, -0.15) is 0 Å². The number of aliphatic imine (C=N–C) groups is 1. The van der Waals surface area contributed by atoms with E-state index < -0.39 is 18.1 Å². The van der Waals surface area contributed by atoms with Gasteiger partial charge in [-0.15, -0.1) is 0 Å². The fraction of sp³-hybridized carbons (Fsp3) is 0.500. The number of ether oxygens (including phenoxy) is 2. The molecule has 1 rings (SSSR count). The van der Waals surface area contributed by atoms with Crippen LogP contribution < -0.4 is 10.1 Å². The molecule has 0 aromatic heterocycles. The summed E-state index contributed by atoms with van der Waals surface area (Å²) in [6.07, 6.45) is 2.01. The fourth-order valence-electron chi connectivity index (χ4n) is 1.84. The number of methoxy groups -OCH3 is 1. The SMILES string of the molecule is CCOC(=O)c1ccc(NC(=O)CN=CCC(C)(C)CF)c(OC)c1. The van der Waals surface area contributed by atoms with Gasteiger partial charge in [0.1, 0.15) is 12.3 Å². The molecule has 0 fully saturated rings. The number of amides is 1. The summed E-state index contributed by atoms with van der Waals surface area (Å²) in [7, 11) is 1.44. The first-order valence-electron chi connectivity index (χ1n) is 8.02. The number of hydrogen-bond acceptors (Lipinski definition) is 5. The van der Waals surface area contributed by atoms with Crippen molar-refractivity contribution in [1.82, 2.24) is 0 Å². The molecule has 0 heterocycles. The van der Waals surface area contributed by atoms with Crippen LogP contribution in [0.2, 0.25) is 0 Å². The van der Waals surface area contributed by atoms with E-state index in [4.69, 9.17) is 9.47 Å². The molecule has 0 unspecified atom stereocenters. The highest BCUT2D eigenvalue weighted by Gasteiger charge is 2.16. The summed E-state index contributed by atoms with van der Waals surface area (Å²) < 4.78 is 22.8. The normalized spacial score (nSPS) is 11.4. The van der Waals surface area contributed by atoms with Crippen LogP contribution in [-0.4, -0.2) is 45.0 Å². The van der Waals surface area contributed by atoms with Gasteiger partial charge < -0.3 is 14.8 Å². The number of nitrogens with one attached hydrogen (secondary N) is 1. The van der Waals surface area contributed by atoms with Crippen molar-refractivity contribution >= 4 is 23.8 Å². The first-order chi connectivity index (χ1) is 11.8. The minimum absolute atomic E-state index is 0.0782. The molecule has 1 aromatic carbocycles. The highest BCUT2D eigenvalue weighted by atomic mass is 19.1. The predicted octanol–water partition coefficient (Wildman–Crippen LogP) is 3.27. The maximum Gasteiger partial charge on any atom is 0.338 e. The quantitative estimate of drug-likeness (QED) is 0.547. The van der Waals surface area contributed by atoms with Crippen LogP contribution in [-0.2, 0) is 9.53 Å². The fourth-order valence-corrected chi connectivity index (χ4v) is 1.84. The summed E-state index contributed by atoms with van der Waals surface area (Å²) in [6.45, 7) is 5.04. The van der Waals surface area contributed by atoms with Gasteiger partial charge in [0.15, 0.2) is 0 Å². The van der Waals surface area contributed by atoms with E-state index in [1.807, 2.05) is 0 Å². The van der Waals surface area contributed by atoms with Crippen LogP contribution in [0.1, 0.15) is 37.6 Å². The molecule has 0 aliphatic heterocycles. The lowest BCUT2D eigenvalue weighted by atomic mass is 9.92. The Kier molecular flexibility index (Phi) is 8.04. The second-order valence-corrected chi connectivity index (χ2v) is 6.21. The maximum absolute atomic E-state index is 12.7. The molecular weight excluding hydrogens is 327 g/mol. The van der Waals surface area contributed by atoms with Crippen molar-refractivity contribution in [2.24, 2.45) is 10.4 Å². The van der Waals surface area contributed by atoms with E-state index in [2.05, 4.69) is 10.3 Å². The molecule has 0 bridgehead atoms. The van der Waals surface area contributed by atoms with Gasteiger partial charge in [0.25, 0.3) is 0 Å². The van der Waals surface area contributed by atoms with E-state index in [0.717, 1.165) is 0 Å². The van der Waals surface area contributed by atoms with Crippen LogP contribution in [0.25, 0.3) is 0 Å². The Morgan fingerprint density at radius 3 is 2.68 bits per heavy atom. The molecule has 6 nitrogen and oxygen atoms in total. The predicted molar refractivity (Wildman–Crippen MR) is 95.3 cm³/mol. The van der Waals surface area contributed by atoms with Gasteiger partial charge in [0.05, 0.1) is 31.6 Å². The highest BCUT2D eigenvalue weighted by Crippen LogP contribution is 2.26. The molecule has 25 heavy (non-hydrogen) atoms. The van der Waals surface area contributed by atoms with Gasteiger partial charge in [-0.1, -0.05) is 13.8 Å². The number of nitrogens with zero attached hydrogens (tertiary/aromatic N) is 1. The van der Waals surface area contributed by atoms with Crippen LogP contribution in [0.3, 0.4) is 0 Å². The van der Waals surface area contributed by atoms with E-state index in [-0.39, 0.29) is 19.1 Å². The molecule has 0 aliphatic rings. The van der Waals surface area contributed by atoms with Gasteiger partial charge in [0, 0.05) is 0 Å². The van der Waals surface area contributed by atoms with E-state index in [0.29, 0.717) is 23.4 Å². The number of carbonyl (C=O) groups excluding carboxylic acids is 2. The van der Waals surface area contributed by atoms with Crippen molar-refractivity contribution in [1.29, 1.82) is 0 Å². The Labute approximate surface area is 147 Å². The number of benzene rings is 1. The number of halogens is 1. The Morgan fingerprint density at radius 2 is 2.08 bits per heavy atom. The minimum Gasteiger partial charge on any atom is -0.495 e. The van der Waals surface area contributed by atoms with Crippen LogP contribution in [0, 0.1) is 5.41 Å². The van der Waals surface area contributed by atoms with Crippen molar-refractivity contribution in [2.75, 3.05) is 32.3 Å². The van der Waals surface area contributed by atoms with Gasteiger partial charge in [-0.25, -0.2) is 4.79 Å². The molecule has 0 atom stereocenters. The molecule has 0 aliphatic carbocycles. The van der Waals surface area contributed by atoms with Gasteiger partial charge in [0.2, 0.25) is 5.91 Å².